The molecule has 0 bridgehead atoms. The van der Waals surface area contributed by atoms with E-state index in [4.69, 9.17) is 0 Å². The van der Waals surface area contributed by atoms with Gasteiger partial charge in [-0.05, 0) is 84.0 Å². The summed E-state index contributed by atoms with van der Waals surface area (Å²) in [5.41, 5.74) is 5.23. The number of aromatic nitrogens is 1. The molecule has 1 N–H and O–H groups in total. The maximum absolute atomic E-state index is 13.1. The number of hydrogen-bond donors (Lipinski definition) is 1. The van der Waals surface area contributed by atoms with Crippen molar-refractivity contribution in [3.8, 4) is 0 Å². The van der Waals surface area contributed by atoms with E-state index in [1.54, 1.807) is 23.7 Å². The lowest BCUT2D eigenvalue weighted by Crippen LogP contribution is -2.42. The van der Waals surface area contributed by atoms with Crippen LogP contribution in [0, 0.1) is 0 Å². The SMILES string of the molecule is O=C(NCc1cccnc1)C(CCN1CCC2(C=Cc3ccccc32)CC1)c1ccsc1. The molecule has 1 atom stereocenters. The van der Waals surface area contributed by atoms with E-state index < -0.39 is 0 Å². The van der Waals surface area contributed by atoms with Crippen LogP contribution in [0.15, 0.2) is 71.7 Å². The van der Waals surface area contributed by atoms with E-state index in [2.05, 4.69) is 68.4 Å². The first-order valence-corrected chi connectivity index (χ1v) is 12.4. The Kier molecular flexibility index (Phi) is 6.19. The third kappa shape index (κ3) is 4.41. The van der Waals surface area contributed by atoms with Crippen LogP contribution in [0.4, 0.5) is 0 Å². The van der Waals surface area contributed by atoms with E-state index in [9.17, 15) is 4.79 Å². The first-order chi connectivity index (χ1) is 15.7. The molecular formula is C27H29N3OS. The van der Waals surface area contributed by atoms with Crippen LogP contribution in [0.5, 0.6) is 0 Å². The number of pyridine rings is 1. The fraction of sp³-hybridized carbons (Fsp3) is 0.333. The summed E-state index contributed by atoms with van der Waals surface area (Å²) < 4.78 is 0. The number of carbonyl (C=O) groups is 1. The predicted molar refractivity (Wildman–Crippen MR) is 131 cm³/mol. The third-order valence-electron chi connectivity index (χ3n) is 7.01. The highest BCUT2D eigenvalue weighted by Crippen LogP contribution is 2.43. The quantitative estimate of drug-likeness (QED) is 0.559. The largest absolute Gasteiger partial charge is 0.351 e. The summed E-state index contributed by atoms with van der Waals surface area (Å²) in [7, 11) is 0. The number of nitrogens with one attached hydrogen (secondary N) is 1. The number of amides is 1. The van der Waals surface area contributed by atoms with Crippen molar-refractivity contribution in [2.24, 2.45) is 0 Å². The van der Waals surface area contributed by atoms with Crippen LogP contribution in [0.2, 0.25) is 0 Å². The molecule has 4 nitrogen and oxygen atoms in total. The monoisotopic (exact) mass is 443 g/mol. The minimum absolute atomic E-state index is 0.105. The molecule has 5 heteroatoms. The van der Waals surface area contributed by atoms with E-state index in [1.807, 2.05) is 12.1 Å². The lowest BCUT2D eigenvalue weighted by atomic mass is 9.74. The Morgan fingerprint density at radius 3 is 2.81 bits per heavy atom. The van der Waals surface area contributed by atoms with Crippen molar-refractivity contribution in [2.45, 2.75) is 37.1 Å². The molecule has 0 radical (unpaired) electrons. The Hall–Kier alpha value is -2.76. The van der Waals surface area contributed by atoms with Crippen molar-refractivity contribution in [1.82, 2.24) is 15.2 Å². The summed E-state index contributed by atoms with van der Waals surface area (Å²) in [6, 6.07) is 14.8. The van der Waals surface area contributed by atoms with Gasteiger partial charge in [0.15, 0.2) is 0 Å². The molecule has 0 saturated carbocycles. The van der Waals surface area contributed by atoms with E-state index in [0.29, 0.717) is 6.54 Å². The third-order valence-corrected chi connectivity index (χ3v) is 7.71. The smallest absolute Gasteiger partial charge is 0.227 e. The van der Waals surface area contributed by atoms with Crippen LogP contribution in [-0.4, -0.2) is 35.4 Å². The van der Waals surface area contributed by atoms with Crippen molar-refractivity contribution in [1.29, 1.82) is 0 Å². The Labute approximate surface area is 194 Å². The average Bonchev–Trinajstić information content (AvgIpc) is 3.49. The summed E-state index contributed by atoms with van der Waals surface area (Å²) >= 11 is 1.66. The number of fused-ring (bicyclic) bond motifs is 2. The number of piperidine rings is 1. The molecule has 1 fully saturated rings. The number of benzene rings is 1. The Morgan fingerprint density at radius 2 is 2.03 bits per heavy atom. The van der Waals surface area contributed by atoms with Crippen LogP contribution in [0.3, 0.4) is 0 Å². The summed E-state index contributed by atoms with van der Waals surface area (Å²) in [6.07, 6.45) is 11.4. The minimum atomic E-state index is -0.110. The van der Waals surface area contributed by atoms with E-state index in [-0.39, 0.29) is 17.2 Å². The van der Waals surface area contributed by atoms with E-state index >= 15 is 0 Å². The first kappa shape index (κ1) is 21.1. The highest BCUT2D eigenvalue weighted by Gasteiger charge is 2.37. The van der Waals surface area contributed by atoms with Gasteiger partial charge in [0.05, 0.1) is 5.92 Å². The second-order valence-electron chi connectivity index (χ2n) is 8.90. The maximum Gasteiger partial charge on any atom is 0.227 e. The van der Waals surface area contributed by atoms with Crippen LogP contribution >= 0.6 is 11.3 Å². The Balaban J connectivity index is 1.19. The molecule has 2 aliphatic rings. The standard InChI is InChI=1S/C27H29N3OS/c31-26(29-19-21-4-3-13-28-18-21)24(23-9-17-32-20-23)8-14-30-15-11-27(12-16-30)10-7-22-5-1-2-6-25(22)27/h1-7,9-10,13,17-18,20,24H,8,11-12,14-16,19H2,(H,29,31). The van der Waals surface area contributed by atoms with Gasteiger partial charge >= 0.3 is 0 Å². The second kappa shape index (κ2) is 9.39. The van der Waals surface area contributed by atoms with Gasteiger partial charge in [-0.3, -0.25) is 9.78 Å². The molecule has 2 aromatic heterocycles. The fourth-order valence-corrected chi connectivity index (χ4v) is 5.81. The fourth-order valence-electron chi connectivity index (χ4n) is 5.10. The van der Waals surface area contributed by atoms with Crippen LogP contribution in [0.1, 0.15) is 47.4 Å². The van der Waals surface area contributed by atoms with E-state index in [1.165, 1.54) is 11.1 Å². The number of likely N-dealkylation sites (tertiary alicyclic amines) is 1. The van der Waals surface area contributed by atoms with Gasteiger partial charge in [-0.25, -0.2) is 0 Å². The zero-order valence-electron chi connectivity index (χ0n) is 18.2. The van der Waals surface area contributed by atoms with Crippen LogP contribution < -0.4 is 5.32 Å². The van der Waals surface area contributed by atoms with Crippen LogP contribution in [0.25, 0.3) is 6.08 Å². The number of hydrogen-bond acceptors (Lipinski definition) is 4. The van der Waals surface area contributed by atoms with Gasteiger partial charge < -0.3 is 10.2 Å². The molecule has 1 spiro atoms. The van der Waals surface area contributed by atoms with Gasteiger partial charge in [0.1, 0.15) is 0 Å². The topological polar surface area (TPSA) is 45.2 Å². The summed E-state index contributed by atoms with van der Waals surface area (Å²) in [4.78, 5) is 19.7. The van der Waals surface area contributed by atoms with Crippen LogP contribution in [-0.2, 0) is 16.8 Å². The van der Waals surface area contributed by atoms with Gasteiger partial charge in [-0.2, -0.15) is 11.3 Å². The van der Waals surface area contributed by atoms with Crippen molar-refractivity contribution < 1.29 is 4.79 Å². The van der Waals surface area contributed by atoms with Crippen molar-refractivity contribution in [2.75, 3.05) is 19.6 Å². The lowest BCUT2D eigenvalue weighted by Gasteiger charge is -2.39. The molecule has 1 aliphatic heterocycles. The molecule has 3 heterocycles. The lowest BCUT2D eigenvalue weighted by molar-refractivity contribution is -0.123. The first-order valence-electron chi connectivity index (χ1n) is 11.4. The van der Waals surface area contributed by atoms with E-state index in [0.717, 1.165) is 50.0 Å². The molecule has 3 aromatic rings. The molecule has 1 saturated heterocycles. The summed E-state index contributed by atoms with van der Waals surface area (Å²) in [5.74, 6) is -0.00528. The average molecular weight is 444 g/mol. The number of rotatable bonds is 7. The number of thiophene rings is 1. The number of nitrogens with zero attached hydrogens (tertiary/aromatic N) is 2. The highest BCUT2D eigenvalue weighted by molar-refractivity contribution is 7.08. The Morgan fingerprint density at radius 1 is 1.16 bits per heavy atom. The molecule has 1 amide bonds. The number of carbonyl (C=O) groups excluding carboxylic acids is 1. The normalized spacial score (nSPS) is 17.9. The van der Waals surface area contributed by atoms with Gasteiger partial charge in [0, 0.05) is 24.4 Å². The maximum atomic E-state index is 13.1. The molecule has 1 aromatic carbocycles. The molecule has 32 heavy (non-hydrogen) atoms. The predicted octanol–water partition coefficient (Wildman–Crippen LogP) is 4.99. The number of allylic oxidation sites excluding steroid dienone is 1. The molecule has 164 valence electrons. The van der Waals surface area contributed by atoms with Gasteiger partial charge in [0.2, 0.25) is 5.91 Å². The highest BCUT2D eigenvalue weighted by atomic mass is 32.1. The van der Waals surface area contributed by atoms with Gasteiger partial charge in [0.25, 0.3) is 0 Å². The van der Waals surface area contributed by atoms with Gasteiger partial charge in [-0.1, -0.05) is 42.5 Å². The molecule has 1 unspecified atom stereocenters. The second-order valence-corrected chi connectivity index (χ2v) is 9.68. The van der Waals surface area contributed by atoms with Crippen molar-refractivity contribution >= 4 is 23.3 Å². The zero-order chi connectivity index (χ0) is 21.8. The van der Waals surface area contributed by atoms with Gasteiger partial charge in [-0.15, -0.1) is 0 Å². The Bertz CT molecular complexity index is 1070. The zero-order valence-corrected chi connectivity index (χ0v) is 19.1. The van der Waals surface area contributed by atoms with Crippen molar-refractivity contribution in [3.63, 3.8) is 0 Å². The summed E-state index contributed by atoms with van der Waals surface area (Å²) in [6.45, 7) is 3.62. The molecule has 1 aliphatic carbocycles. The summed E-state index contributed by atoms with van der Waals surface area (Å²) in [5, 5.41) is 7.30. The molecular weight excluding hydrogens is 414 g/mol. The van der Waals surface area contributed by atoms with Crippen molar-refractivity contribution in [3.05, 3.63) is 93.9 Å². The molecule has 5 rings (SSSR count). The minimum Gasteiger partial charge on any atom is -0.351 e.